The first-order valence-electron chi connectivity index (χ1n) is 3.54. The molecule has 64 valence electrons. The molecule has 0 fully saturated rings. The van der Waals surface area contributed by atoms with Gasteiger partial charge in [-0.1, -0.05) is 39.3 Å². The summed E-state index contributed by atoms with van der Waals surface area (Å²) in [6.07, 6.45) is 2.64. The quantitative estimate of drug-likeness (QED) is 0.455. The van der Waals surface area contributed by atoms with E-state index in [1.165, 1.54) is 12.8 Å². The summed E-state index contributed by atoms with van der Waals surface area (Å²) in [4.78, 5) is 0. The van der Waals surface area contributed by atoms with Gasteiger partial charge in [0.2, 0.25) is 4.38 Å². The summed E-state index contributed by atoms with van der Waals surface area (Å²) in [5.41, 5.74) is 0. The number of thiol groups is 1. The van der Waals surface area contributed by atoms with Crippen LogP contribution in [0.5, 0.6) is 0 Å². The van der Waals surface area contributed by atoms with Gasteiger partial charge in [-0.15, -0.1) is 0 Å². The summed E-state index contributed by atoms with van der Waals surface area (Å²) in [7, 11) is 0. The van der Waals surface area contributed by atoms with Crippen molar-refractivity contribution >= 4 is 29.2 Å². The second-order valence-electron chi connectivity index (χ2n) is 1.70. The predicted molar refractivity (Wildman–Crippen MR) is 53.8 cm³/mol. The Morgan fingerprint density at radius 2 is 1.64 bits per heavy atom. The molecule has 0 spiro atoms. The zero-order chi connectivity index (χ0) is 8.41. The zero-order valence-electron chi connectivity index (χ0n) is 7.59. The van der Waals surface area contributed by atoms with Crippen LogP contribution in [0, 0.1) is 0 Å². The monoisotopic (exact) mass is 244 g/mol. The minimum absolute atomic E-state index is 0. The largest absolute Gasteiger partial charge is 0.479 e. The van der Waals surface area contributed by atoms with Crippen molar-refractivity contribution in [2.75, 3.05) is 6.61 Å². The van der Waals surface area contributed by atoms with Gasteiger partial charge in [0.05, 0.1) is 6.61 Å². The van der Waals surface area contributed by atoms with Crippen molar-refractivity contribution in [2.24, 2.45) is 0 Å². The van der Waals surface area contributed by atoms with Crippen molar-refractivity contribution < 1.29 is 24.2 Å². The molecule has 0 radical (unpaired) electrons. The maximum atomic E-state index is 4.64. The van der Waals surface area contributed by atoms with E-state index in [2.05, 4.69) is 43.4 Å². The van der Waals surface area contributed by atoms with E-state index in [0.717, 1.165) is 0 Å². The molecular weight excluding hydrogens is 230 g/mol. The fourth-order valence-corrected chi connectivity index (χ4v) is 0.370. The SMILES string of the molecule is CCCC.CCOC(=S)S.[Zn]. The number of hydrogen-bond acceptors (Lipinski definition) is 2. The van der Waals surface area contributed by atoms with E-state index in [-0.39, 0.29) is 19.5 Å². The molecule has 0 N–H and O–H groups in total. The van der Waals surface area contributed by atoms with Crippen LogP contribution < -0.4 is 0 Å². The molecule has 1 nitrogen and oxygen atoms in total. The van der Waals surface area contributed by atoms with Gasteiger partial charge in [-0.05, 0) is 19.1 Å². The van der Waals surface area contributed by atoms with E-state index < -0.39 is 0 Å². The van der Waals surface area contributed by atoms with Gasteiger partial charge in [0.15, 0.2) is 0 Å². The first kappa shape index (κ1) is 17.8. The minimum Gasteiger partial charge on any atom is -0.479 e. The minimum atomic E-state index is 0. The summed E-state index contributed by atoms with van der Waals surface area (Å²) in [5.74, 6) is 0. The van der Waals surface area contributed by atoms with Gasteiger partial charge < -0.3 is 4.74 Å². The van der Waals surface area contributed by atoms with Crippen molar-refractivity contribution in [3.8, 4) is 0 Å². The Morgan fingerprint density at radius 3 is 1.64 bits per heavy atom. The molecule has 0 rings (SSSR count). The van der Waals surface area contributed by atoms with Crippen LogP contribution in [-0.4, -0.2) is 11.0 Å². The zero-order valence-corrected chi connectivity index (χ0v) is 12.3. The molecule has 0 unspecified atom stereocenters. The Bertz CT molecular complexity index is 76.8. The summed E-state index contributed by atoms with van der Waals surface area (Å²) < 4.78 is 4.95. The molecule has 0 saturated carbocycles. The van der Waals surface area contributed by atoms with Crippen LogP contribution in [0.1, 0.15) is 33.6 Å². The van der Waals surface area contributed by atoms with Crippen LogP contribution in [-0.2, 0) is 24.2 Å². The van der Waals surface area contributed by atoms with Crippen molar-refractivity contribution in [2.45, 2.75) is 33.6 Å². The van der Waals surface area contributed by atoms with Crippen molar-refractivity contribution in [3.05, 3.63) is 0 Å². The van der Waals surface area contributed by atoms with E-state index in [0.29, 0.717) is 11.0 Å². The maximum absolute atomic E-state index is 4.64. The molecule has 4 heteroatoms. The molecular formula is C7H16OS2Zn. The Balaban J connectivity index is -0.000000114. The number of rotatable bonds is 2. The topological polar surface area (TPSA) is 9.23 Å². The molecule has 0 aliphatic heterocycles. The number of unbranched alkanes of at least 4 members (excludes halogenated alkanes) is 1. The summed E-state index contributed by atoms with van der Waals surface area (Å²) in [6, 6.07) is 0. The van der Waals surface area contributed by atoms with Crippen molar-refractivity contribution in [1.82, 2.24) is 0 Å². The van der Waals surface area contributed by atoms with E-state index in [1.807, 2.05) is 6.92 Å². The fourth-order valence-electron chi connectivity index (χ4n) is 0.123. The molecule has 0 aromatic rings. The molecule has 0 saturated heterocycles. The predicted octanol–water partition coefficient (Wildman–Crippen LogP) is 3.04. The molecule has 0 heterocycles. The van der Waals surface area contributed by atoms with Gasteiger partial charge >= 0.3 is 0 Å². The second-order valence-corrected chi connectivity index (χ2v) is 2.78. The summed E-state index contributed by atoms with van der Waals surface area (Å²) in [6.45, 7) is 6.84. The molecule has 0 aliphatic rings. The van der Waals surface area contributed by atoms with Crippen LogP contribution in [0.2, 0.25) is 0 Å². The van der Waals surface area contributed by atoms with E-state index >= 15 is 0 Å². The van der Waals surface area contributed by atoms with Gasteiger partial charge in [-0.2, -0.15) is 0 Å². The van der Waals surface area contributed by atoms with Gasteiger partial charge in [-0.25, -0.2) is 0 Å². The van der Waals surface area contributed by atoms with Gasteiger partial charge in [0, 0.05) is 19.5 Å². The normalized spacial score (nSPS) is 6.91. The smallest absolute Gasteiger partial charge is 0.216 e. The van der Waals surface area contributed by atoms with Crippen LogP contribution in [0.3, 0.4) is 0 Å². The Labute approximate surface area is 93.4 Å². The molecule has 0 aromatic heterocycles. The number of hydrogen-bond donors (Lipinski definition) is 1. The van der Waals surface area contributed by atoms with E-state index in [1.54, 1.807) is 0 Å². The third-order valence-electron chi connectivity index (χ3n) is 0.768. The van der Waals surface area contributed by atoms with Crippen LogP contribution in [0.15, 0.2) is 0 Å². The third kappa shape index (κ3) is 36.1. The first-order chi connectivity index (χ1) is 4.68. The van der Waals surface area contributed by atoms with Crippen LogP contribution in [0.25, 0.3) is 0 Å². The molecule has 11 heavy (non-hydrogen) atoms. The average molecular weight is 246 g/mol. The van der Waals surface area contributed by atoms with Gasteiger partial charge in [-0.3, -0.25) is 0 Å². The maximum Gasteiger partial charge on any atom is 0.216 e. The van der Waals surface area contributed by atoms with Crippen molar-refractivity contribution in [1.29, 1.82) is 0 Å². The molecule has 0 bridgehead atoms. The Hall–Kier alpha value is 0.863. The standard InChI is InChI=1S/C4H10.C3H6OS2.Zn/c1-3-4-2;1-2-4-3(5)6;/h3-4H2,1-2H3;2H2,1H3,(H,5,6);. The van der Waals surface area contributed by atoms with Crippen molar-refractivity contribution in [3.63, 3.8) is 0 Å². The molecule has 0 aromatic carbocycles. The average Bonchev–Trinajstić information content (AvgIpc) is 1.89. The molecule has 0 amide bonds. The summed E-state index contributed by atoms with van der Waals surface area (Å²) >= 11 is 8.12. The van der Waals surface area contributed by atoms with Gasteiger partial charge in [0.1, 0.15) is 0 Å². The third-order valence-corrected chi connectivity index (χ3v) is 1.01. The molecule has 0 atom stereocenters. The Kier molecular flexibility index (Phi) is 27.7. The summed E-state index contributed by atoms with van der Waals surface area (Å²) in [5, 5.41) is 0. The fraction of sp³-hybridized carbons (Fsp3) is 0.857. The second kappa shape index (κ2) is 17.1. The van der Waals surface area contributed by atoms with Crippen LogP contribution >= 0.6 is 24.8 Å². The number of thiocarbonyl (C=S) groups is 1. The first-order valence-corrected chi connectivity index (χ1v) is 4.40. The van der Waals surface area contributed by atoms with Crippen LogP contribution in [0.4, 0.5) is 0 Å². The van der Waals surface area contributed by atoms with E-state index in [4.69, 9.17) is 0 Å². The Morgan fingerprint density at radius 1 is 1.27 bits per heavy atom. The number of ether oxygens (including phenoxy) is 1. The van der Waals surface area contributed by atoms with E-state index in [9.17, 15) is 0 Å². The van der Waals surface area contributed by atoms with Gasteiger partial charge in [0.25, 0.3) is 0 Å². The molecule has 0 aliphatic carbocycles.